The Morgan fingerprint density at radius 2 is 1.02 bits per heavy atom. The number of fused-ring (bicyclic) bond motifs is 3. The van der Waals surface area contributed by atoms with Crippen molar-refractivity contribution in [2.45, 2.75) is 6.42 Å². The molecule has 1 heterocycles. The Morgan fingerprint density at radius 3 is 1.71 bits per heavy atom. The molecule has 0 unspecified atom stereocenters. The highest BCUT2D eigenvalue weighted by Crippen LogP contribution is 2.42. The van der Waals surface area contributed by atoms with Crippen LogP contribution in [0.4, 0.5) is 0 Å². The van der Waals surface area contributed by atoms with Crippen LogP contribution < -0.4 is 0 Å². The van der Waals surface area contributed by atoms with Crippen molar-refractivity contribution < 1.29 is 0 Å². The Balaban J connectivity index is 1.24. The van der Waals surface area contributed by atoms with Gasteiger partial charge in [-0.2, -0.15) is 0 Å². The molecular formula is C41H27N. The van der Waals surface area contributed by atoms with Crippen LogP contribution in [-0.4, -0.2) is 4.57 Å². The molecule has 0 amide bonds. The van der Waals surface area contributed by atoms with Crippen molar-refractivity contribution in [3.63, 3.8) is 0 Å². The molecule has 0 N–H and O–H groups in total. The average Bonchev–Trinajstić information content (AvgIpc) is 3.19. The lowest BCUT2D eigenvalue weighted by Gasteiger charge is -2.17. The fourth-order valence-electron chi connectivity index (χ4n) is 7.12. The zero-order valence-corrected chi connectivity index (χ0v) is 23.1. The molecule has 1 nitrogen and oxygen atoms in total. The summed E-state index contributed by atoms with van der Waals surface area (Å²) in [6, 6.07) is 46.6. The molecular weight excluding hydrogens is 506 g/mol. The maximum atomic E-state index is 2.40. The number of allylic oxidation sites excluding steroid dienone is 6. The number of hydrogen-bond acceptors (Lipinski definition) is 0. The smallest absolute Gasteiger partial charge is 0.0541 e. The van der Waals surface area contributed by atoms with Crippen LogP contribution in [0.15, 0.2) is 152 Å². The van der Waals surface area contributed by atoms with E-state index >= 15 is 0 Å². The molecule has 1 aliphatic carbocycles. The zero-order valence-electron chi connectivity index (χ0n) is 23.1. The van der Waals surface area contributed by atoms with Crippen LogP contribution in [0, 0.1) is 0 Å². The first-order chi connectivity index (χ1) is 20.8. The predicted molar refractivity (Wildman–Crippen MR) is 181 cm³/mol. The Morgan fingerprint density at radius 1 is 0.452 bits per heavy atom. The van der Waals surface area contributed by atoms with Gasteiger partial charge in [0.2, 0.25) is 0 Å². The molecule has 0 fully saturated rings. The van der Waals surface area contributed by atoms with Crippen LogP contribution in [0.2, 0.25) is 0 Å². The van der Waals surface area contributed by atoms with Gasteiger partial charge in [-0.3, -0.25) is 0 Å². The van der Waals surface area contributed by atoms with E-state index in [4.69, 9.17) is 0 Å². The Labute approximate surface area is 244 Å². The van der Waals surface area contributed by atoms with Crippen LogP contribution in [-0.2, 0) is 0 Å². The highest BCUT2D eigenvalue weighted by Gasteiger charge is 2.17. The molecule has 9 rings (SSSR count). The highest BCUT2D eigenvalue weighted by atomic mass is 15.0. The summed E-state index contributed by atoms with van der Waals surface area (Å²) in [4.78, 5) is 0. The maximum absolute atomic E-state index is 2.40. The van der Waals surface area contributed by atoms with Crippen LogP contribution in [0.25, 0.3) is 76.5 Å². The van der Waals surface area contributed by atoms with Crippen molar-refractivity contribution in [2.75, 3.05) is 0 Å². The van der Waals surface area contributed by atoms with Crippen molar-refractivity contribution in [3.05, 3.63) is 157 Å². The Hall–Kier alpha value is -5.40. The second kappa shape index (κ2) is 9.06. The zero-order chi connectivity index (χ0) is 27.6. The molecule has 0 radical (unpaired) electrons. The number of para-hydroxylation sites is 2. The van der Waals surface area contributed by atoms with Crippen LogP contribution >= 0.6 is 0 Å². The third kappa shape index (κ3) is 3.37. The molecule has 7 aromatic carbocycles. The van der Waals surface area contributed by atoms with E-state index in [0.717, 1.165) is 6.42 Å². The molecule has 0 spiro atoms. The number of aromatic nitrogens is 1. The van der Waals surface area contributed by atoms with E-state index in [9.17, 15) is 0 Å². The minimum atomic E-state index is 0.885. The van der Waals surface area contributed by atoms with E-state index in [1.165, 1.54) is 82.1 Å². The quantitative estimate of drug-likeness (QED) is 0.199. The third-order valence-corrected chi connectivity index (χ3v) is 9.02. The lowest BCUT2D eigenvalue weighted by Crippen LogP contribution is -1.93. The molecule has 42 heavy (non-hydrogen) atoms. The number of hydrogen-bond donors (Lipinski definition) is 0. The number of nitrogens with zero attached hydrogens (tertiary/aromatic N) is 1. The van der Waals surface area contributed by atoms with Gasteiger partial charge < -0.3 is 4.57 Å². The minimum Gasteiger partial charge on any atom is -0.309 e. The molecule has 1 heteroatoms. The molecule has 0 atom stereocenters. The molecule has 8 aromatic rings. The van der Waals surface area contributed by atoms with E-state index < -0.39 is 0 Å². The van der Waals surface area contributed by atoms with E-state index in [-0.39, 0.29) is 0 Å². The second-order valence-corrected chi connectivity index (χ2v) is 11.3. The van der Waals surface area contributed by atoms with Gasteiger partial charge in [0.25, 0.3) is 0 Å². The molecule has 0 aliphatic heterocycles. The molecule has 0 saturated heterocycles. The largest absolute Gasteiger partial charge is 0.309 e. The summed E-state index contributed by atoms with van der Waals surface area (Å²) < 4.78 is 2.40. The monoisotopic (exact) mass is 533 g/mol. The van der Waals surface area contributed by atoms with E-state index in [1.54, 1.807) is 0 Å². The lowest BCUT2D eigenvalue weighted by molar-refractivity contribution is 1.24. The van der Waals surface area contributed by atoms with E-state index in [1.807, 2.05) is 0 Å². The van der Waals surface area contributed by atoms with Gasteiger partial charge >= 0.3 is 0 Å². The van der Waals surface area contributed by atoms with Gasteiger partial charge in [0.15, 0.2) is 0 Å². The molecule has 0 bridgehead atoms. The van der Waals surface area contributed by atoms with Gasteiger partial charge in [-0.05, 0) is 85.3 Å². The van der Waals surface area contributed by atoms with Crippen molar-refractivity contribution >= 4 is 65.4 Å². The van der Waals surface area contributed by atoms with Crippen molar-refractivity contribution in [1.29, 1.82) is 0 Å². The maximum Gasteiger partial charge on any atom is 0.0541 e. The summed E-state index contributed by atoms with van der Waals surface area (Å²) in [6.07, 6.45) is 10.1. The first-order valence-corrected chi connectivity index (χ1v) is 14.7. The summed E-state index contributed by atoms with van der Waals surface area (Å²) in [5.74, 6) is 0. The van der Waals surface area contributed by atoms with Crippen molar-refractivity contribution in [3.8, 4) is 11.1 Å². The first kappa shape index (κ1) is 23.3. The van der Waals surface area contributed by atoms with Gasteiger partial charge in [-0.15, -0.1) is 0 Å². The predicted octanol–water partition coefficient (Wildman–Crippen LogP) is 11.2. The van der Waals surface area contributed by atoms with Gasteiger partial charge in [0.1, 0.15) is 0 Å². The average molecular weight is 534 g/mol. The number of benzene rings is 7. The van der Waals surface area contributed by atoms with E-state index in [2.05, 4.69) is 156 Å². The Bertz CT molecular complexity index is 2360. The fraction of sp³-hybridized carbons (Fsp3) is 0.0244. The summed E-state index contributed by atoms with van der Waals surface area (Å²) in [5.41, 5.74) is 8.86. The minimum absolute atomic E-state index is 0.885. The van der Waals surface area contributed by atoms with Crippen LogP contribution in [0.5, 0.6) is 0 Å². The Kier molecular flexibility index (Phi) is 5.03. The molecule has 1 aliphatic rings. The van der Waals surface area contributed by atoms with Crippen molar-refractivity contribution in [1.82, 2.24) is 4.57 Å². The second-order valence-electron chi connectivity index (χ2n) is 11.3. The van der Waals surface area contributed by atoms with Crippen LogP contribution in [0.3, 0.4) is 0 Å². The summed E-state index contributed by atoms with van der Waals surface area (Å²) in [7, 11) is 0. The van der Waals surface area contributed by atoms with Gasteiger partial charge in [-0.25, -0.2) is 0 Å². The summed E-state index contributed by atoms with van der Waals surface area (Å²) in [6.45, 7) is 0. The number of rotatable bonds is 3. The normalized spacial score (nSPS) is 13.8. The van der Waals surface area contributed by atoms with Gasteiger partial charge in [-0.1, -0.05) is 127 Å². The van der Waals surface area contributed by atoms with Crippen molar-refractivity contribution in [2.24, 2.45) is 0 Å². The highest BCUT2D eigenvalue weighted by molar-refractivity contribution is 6.27. The summed E-state index contributed by atoms with van der Waals surface area (Å²) in [5, 5.41) is 10.5. The van der Waals surface area contributed by atoms with Gasteiger partial charge in [0, 0.05) is 16.5 Å². The fourth-order valence-corrected chi connectivity index (χ4v) is 7.12. The molecule has 196 valence electrons. The summed E-state index contributed by atoms with van der Waals surface area (Å²) >= 11 is 0. The molecule has 1 aromatic heterocycles. The topological polar surface area (TPSA) is 4.93 Å². The van der Waals surface area contributed by atoms with Crippen LogP contribution in [0.1, 0.15) is 12.0 Å². The van der Waals surface area contributed by atoms with E-state index in [0.29, 0.717) is 0 Å². The van der Waals surface area contributed by atoms with Gasteiger partial charge in [0.05, 0.1) is 11.0 Å². The SMILES string of the molecule is C1=CC(n2c3ccccc3c3ccccc32)=CC=C(c2ccc3ccc4c(-c5ccccc5)ccc5ccc2c3c54)C1. The lowest BCUT2D eigenvalue weighted by atomic mass is 9.87. The third-order valence-electron chi connectivity index (χ3n) is 9.02. The first-order valence-electron chi connectivity index (χ1n) is 14.7. The molecule has 0 saturated carbocycles. The standard InChI is InChI=1S/C41H27N/c1-2-9-27(10-3-1)32-23-18-29-21-26-37-33(24-19-30-20-25-36(32)40(29)41(30)37)28-11-8-12-31(22-17-28)42-38-15-6-4-13-34(38)35-14-5-7-16-39(35)42/h1-10,12-26H,11H2.